The Morgan fingerprint density at radius 1 is 1.27 bits per heavy atom. The monoisotopic (exact) mass is 426 g/mol. The van der Waals surface area contributed by atoms with Crippen LogP contribution >= 0.6 is 11.8 Å². The molecule has 1 saturated heterocycles. The molecular weight excluding hydrogens is 396 g/mol. The lowest BCUT2D eigenvalue weighted by molar-refractivity contribution is -0.139. The van der Waals surface area contributed by atoms with Crippen LogP contribution in [0.3, 0.4) is 0 Å². The van der Waals surface area contributed by atoms with Gasteiger partial charge in [-0.15, -0.1) is 0 Å². The second-order valence-electron chi connectivity index (χ2n) is 9.67. The van der Waals surface area contributed by atoms with Crippen molar-refractivity contribution < 1.29 is 9.90 Å². The van der Waals surface area contributed by atoms with Crippen molar-refractivity contribution in [3.63, 3.8) is 0 Å². The number of carboxylic acids is 1. The maximum absolute atomic E-state index is 11.3. The molecule has 2 atom stereocenters. The Hall–Kier alpha value is -2.12. The zero-order chi connectivity index (χ0) is 21.3. The number of aromatic nitrogens is 2. The third-order valence-corrected chi connectivity index (χ3v) is 6.93. The van der Waals surface area contributed by atoms with Gasteiger partial charge in [-0.25, -0.2) is 9.97 Å². The van der Waals surface area contributed by atoms with Crippen LogP contribution in [0.2, 0.25) is 0 Å². The van der Waals surface area contributed by atoms with E-state index in [1.54, 1.807) is 24.2 Å². The molecule has 0 amide bonds. The zero-order valence-corrected chi connectivity index (χ0v) is 18.7. The summed E-state index contributed by atoms with van der Waals surface area (Å²) in [5.41, 5.74) is 2.55. The fraction of sp³-hybridized carbons (Fsp3) is 0.522. The molecule has 1 aromatic heterocycles. The van der Waals surface area contributed by atoms with E-state index in [-0.39, 0.29) is 17.8 Å². The first-order valence-corrected chi connectivity index (χ1v) is 11.4. The van der Waals surface area contributed by atoms with Crippen LogP contribution in [-0.2, 0) is 11.3 Å². The van der Waals surface area contributed by atoms with Gasteiger partial charge in [-0.1, -0.05) is 38.6 Å². The van der Waals surface area contributed by atoms with Crippen molar-refractivity contribution in [2.75, 3.05) is 18.4 Å². The van der Waals surface area contributed by atoms with Crippen LogP contribution in [-0.4, -0.2) is 39.0 Å². The van der Waals surface area contributed by atoms with Gasteiger partial charge in [0.05, 0.1) is 5.69 Å². The molecule has 160 valence electrons. The lowest BCUT2D eigenvalue weighted by Crippen LogP contribution is -2.42. The average Bonchev–Trinajstić information content (AvgIpc) is 2.67. The minimum atomic E-state index is -0.672. The molecule has 1 aromatic carbocycles. The summed E-state index contributed by atoms with van der Waals surface area (Å²) in [6, 6.07) is 6.56. The molecule has 2 aliphatic rings. The van der Waals surface area contributed by atoms with Crippen LogP contribution in [0.15, 0.2) is 40.5 Å². The van der Waals surface area contributed by atoms with Crippen molar-refractivity contribution >= 4 is 29.2 Å². The molecule has 0 saturated carbocycles. The first-order valence-electron chi connectivity index (χ1n) is 10.6. The smallest absolute Gasteiger partial charge is 0.303 e. The molecule has 6 nitrogen and oxygen atoms in total. The van der Waals surface area contributed by atoms with E-state index in [1.165, 1.54) is 5.56 Å². The molecule has 2 aliphatic heterocycles. The maximum atomic E-state index is 11.3. The van der Waals surface area contributed by atoms with Crippen LogP contribution in [0.25, 0.3) is 0 Å². The summed E-state index contributed by atoms with van der Waals surface area (Å²) in [6.45, 7) is 9.54. The van der Waals surface area contributed by atoms with E-state index in [9.17, 15) is 9.90 Å². The molecular formula is C23H30N4O2S. The minimum absolute atomic E-state index is 0.200. The number of hydrogen-bond acceptors (Lipinski definition) is 6. The molecule has 30 heavy (non-hydrogen) atoms. The van der Waals surface area contributed by atoms with Crippen molar-refractivity contribution in [1.29, 1.82) is 0 Å². The van der Waals surface area contributed by atoms with Gasteiger partial charge in [0.1, 0.15) is 5.03 Å². The molecule has 2 unspecified atom stereocenters. The zero-order valence-electron chi connectivity index (χ0n) is 17.9. The Labute approximate surface area is 182 Å². The number of fused-ring (bicyclic) bond motifs is 2. The number of nitrogens with zero attached hydrogens (tertiary/aromatic N) is 3. The molecule has 2 aromatic rings. The highest BCUT2D eigenvalue weighted by Gasteiger charge is 2.33. The molecule has 4 rings (SSSR count). The molecule has 2 N–H and O–H groups in total. The number of hydrogen-bond donors (Lipinski definition) is 2. The predicted molar refractivity (Wildman–Crippen MR) is 119 cm³/mol. The van der Waals surface area contributed by atoms with Crippen molar-refractivity contribution in [1.82, 2.24) is 14.9 Å². The molecule has 7 heteroatoms. The van der Waals surface area contributed by atoms with E-state index < -0.39 is 5.97 Å². The van der Waals surface area contributed by atoms with Crippen LogP contribution in [0.5, 0.6) is 0 Å². The highest BCUT2D eigenvalue weighted by molar-refractivity contribution is 7.99. The van der Waals surface area contributed by atoms with Gasteiger partial charge in [-0.3, -0.25) is 9.69 Å². The summed E-state index contributed by atoms with van der Waals surface area (Å²) in [5.74, 6) is 0.832. The van der Waals surface area contributed by atoms with Crippen molar-refractivity contribution in [3.8, 4) is 0 Å². The summed E-state index contributed by atoms with van der Waals surface area (Å²) in [4.78, 5) is 23.8. The van der Waals surface area contributed by atoms with Crippen LogP contribution in [0.1, 0.15) is 45.6 Å². The number of rotatable bonds is 5. The number of piperidine rings is 1. The Balaban J connectivity index is 1.45. The number of carboxylic acid groups (broad SMARTS) is 1. The number of benzene rings is 1. The van der Waals surface area contributed by atoms with Gasteiger partial charge in [-0.2, -0.15) is 0 Å². The fourth-order valence-electron chi connectivity index (χ4n) is 4.65. The number of anilines is 2. The minimum Gasteiger partial charge on any atom is -0.481 e. The summed E-state index contributed by atoms with van der Waals surface area (Å²) in [6.07, 6.45) is 5.72. The largest absolute Gasteiger partial charge is 0.481 e. The Morgan fingerprint density at radius 2 is 2.07 bits per heavy atom. The SMILES string of the molecule is CC(C)(C)CC1CN(Cc2ccc3c(c2)Nc2nccnc2S3)CCC1CC(=O)O. The third kappa shape index (κ3) is 5.13. The number of carbonyl (C=O) groups is 1. The van der Waals surface area contributed by atoms with Gasteiger partial charge in [-0.05, 0) is 54.3 Å². The lowest BCUT2D eigenvalue weighted by Gasteiger charge is -2.41. The molecule has 0 radical (unpaired) electrons. The number of likely N-dealkylation sites (tertiary alicyclic amines) is 1. The standard InChI is InChI=1S/C23H30N4O2S/c1-23(2,3)12-17-14-27(9-6-16(17)11-20(28)29)13-15-4-5-19-18(10-15)26-21-22(30-19)25-8-7-24-21/h4-5,7-8,10,16-17H,6,9,11-14H2,1-3H3,(H,24,26)(H,28,29). The fourth-order valence-corrected chi connectivity index (χ4v) is 5.53. The van der Waals surface area contributed by atoms with E-state index in [0.29, 0.717) is 5.92 Å². The normalized spacial score (nSPS) is 21.4. The van der Waals surface area contributed by atoms with Gasteiger partial charge < -0.3 is 10.4 Å². The van der Waals surface area contributed by atoms with E-state index in [1.807, 2.05) is 0 Å². The Morgan fingerprint density at radius 3 is 2.83 bits per heavy atom. The van der Waals surface area contributed by atoms with Crippen molar-refractivity contribution in [3.05, 3.63) is 36.2 Å². The second-order valence-corrected chi connectivity index (χ2v) is 10.7. The van der Waals surface area contributed by atoms with Gasteiger partial charge in [0.15, 0.2) is 5.82 Å². The highest BCUT2D eigenvalue weighted by atomic mass is 32.2. The average molecular weight is 427 g/mol. The quantitative estimate of drug-likeness (QED) is 0.592. The summed E-state index contributed by atoms with van der Waals surface area (Å²) >= 11 is 1.64. The van der Waals surface area contributed by atoms with Crippen LogP contribution in [0.4, 0.5) is 11.5 Å². The summed E-state index contributed by atoms with van der Waals surface area (Å²) in [7, 11) is 0. The Kier molecular flexibility index (Phi) is 6.02. The van der Waals surface area contributed by atoms with Gasteiger partial charge in [0, 0.05) is 36.8 Å². The molecule has 3 heterocycles. The second kappa shape index (κ2) is 8.55. The van der Waals surface area contributed by atoms with E-state index >= 15 is 0 Å². The lowest BCUT2D eigenvalue weighted by atomic mass is 9.74. The van der Waals surface area contributed by atoms with E-state index in [0.717, 1.165) is 53.9 Å². The number of aliphatic carboxylic acids is 1. The predicted octanol–water partition coefficient (Wildman–Crippen LogP) is 5.03. The molecule has 0 spiro atoms. The van der Waals surface area contributed by atoms with Gasteiger partial charge >= 0.3 is 5.97 Å². The topological polar surface area (TPSA) is 78.3 Å². The molecule has 1 fully saturated rings. The third-order valence-electron chi connectivity index (χ3n) is 5.86. The molecule has 0 bridgehead atoms. The summed E-state index contributed by atoms with van der Waals surface area (Å²) < 4.78 is 0. The van der Waals surface area contributed by atoms with Crippen molar-refractivity contribution in [2.24, 2.45) is 17.3 Å². The summed E-state index contributed by atoms with van der Waals surface area (Å²) in [5, 5.41) is 13.6. The molecule has 0 aliphatic carbocycles. The maximum Gasteiger partial charge on any atom is 0.303 e. The van der Waals surface area contributed by atoms with E-state index in [2.05, 4.69) is 59.2 Å². The highest BCUT2D eigenvalue weighted by Crippen LogP contribution is 2.42. The first-order chi connectivity index (χ1) is 14.3. The van der Waals surface area contributed by atoms with Gasteiger partial charge in [0.25, 0.3) is 0 Å². The van der Waals surface area contributed by atoms with Gasteiger partial charge in [0.2, 0.25) is 0 Å². The van der Waals surface area contributed by atoms with Crippen LogP contribution < -0.4 is 5.32 Å². The Bertz CT molecular complexity index is 928. The van der Waals surface area contributed by atoms with E-state index in [4.69, 9.17) is 0 Å². The van der Waals surface area contributed by atoms with Crippen molar-refractivity contribution in [2.45, 2.75) is 56.5 Å². The number of nitrogens with one attached hydrogen (secondary N) is 1. The first kappa shape index (κ1) is 21.1. The van der Waals surface area contributed by atoms with Crippen LogP contribution in [0, 0.1) is 17.3 Å².